The van der Waals surface area contributed by atoms with E-state index >= 15 is 0 Å². The first kappa shape index (κ1) is 14.0. The van der Waals surface area contributed by atoms with E-state index in [9.17, 15) is 5.11 Å². The molecule has 2 aliphatic heterocycles. The van der Waals surface area contributed by atoms with E-state index in [0.717, 1.165) is 35.8 Å². The molecule has 0 fully saturated rings. The first-order chi connectivity index (χ1) is 10.8. The molecule has 1 atom stereocenters. The van der Waals surface area contributed by atoms with Crippen molar-refractivity contribution in [3.05, 3.63) is 46.1 Å². The molecule has 0 saturated carbocycles. The van der Waals surface area contributed by atoms with Crippen LogP contribution < -0.4 is 5.01 Å². The van der Waals surface area contributed by atoms with Crippen LogP contribution in [0.3, 0.4) is 0 Å². The minimum absolute atomic E-state index is 0.167. The summed E-state index contributed by atoms with van der Waals surface area (Å²) < 4.78 is 2.16. The highest BCUT2D eigenvalue weighted by Crippen LogP contribution is 2.51. The van der Waals surface area contributed by atoms with Crippen LogP contribution in [0.25, 0.3) is 0 Å². The third-order valence-electron chi connectivity index (χ3n) is 3.77. The van der Waals surface area contributed by atoms with Crippen molar-refractivity contribution in [3.63, 3.8) is 0 Å². The number of phenols is 1. The van der Waals surface area contributed by atoms with Gasteiger partial charge >= 0.3 is 0 Å². The number of nitrogens with zero attached hydrogens (tertiary/aromatic N) is 4. The predicted octanol–water partition coefficient (Wildman–Crippen LogP) is 3.61. The van der Waals surface area contributed by atoms with Crippen molar-refractivity contribution >= 4 is 23.5 Å². The fraction of sp³-hybridized carbons (Fsp3) is 0.333. The van der Waals surface area contributed by atoms with Crippen molar-refractivity contribution in [1.82, 2.24) is 14.9 Å². The van der Waals surface area contributed by atoms with E-state index in [1.807, 2.05) is 12.1 Å². The second-order valence-electron chi connectivity index (χ2n) is 5.30. The van der Waals surface area contributed by atoms with Crippen LogP contribution in [0.15, 0.2) is 39.9 Å². The summed E-state index contributed by atoms with van der Waals surface area (Å²) in [6.45, 7) is 2.19. The fourth-order valence-electron chi connectivity index (χ4n) is 2.64. The third kappa shape index (κ3) is 2.19. The maximum Gasteiger partial charge on any atom is 0.216 e. The maximum atomic E-state index is 9.49. The van der Waals surface area contributed by atoms with Crippen molar-refractivity contribution in [2.24, 2.45) is 0 Å². The molecule has 1 unspecified atom stereocenters. The van der Waals surface area contributed by atoms with Gasteiger partial charge in [-0.25, -0.2) is 4.68 Å². The van der Waals surface area contributed by atoms with E-state index in [1.165, 1.54) is 5.03 Å². The lowest BCUT2D eigenvalue weighted by atomic mass is 10.2. The van der Waals surface area contributed by atoms with Crippen molar-refractivity contribution < 1.29 is 5.11 Å². The SMILES string of the molecule is CCCCc1nnc2n1N1C(=CSC1c1ccc(O)cc1)S2. The summed E-state index contributed by atoms with van der Waals surface area (Å²) in [5, 5.41) is 24.9. The van der Waals surface area contributed by atoms with E-state index in [4.69, 9.17) is 0 Å². The van der Waals surface area contributed by atoms with Crippen LogP contribution in [0.4, 0.5) is 0 Å². The quantitative estimate of drug-likeness (QED) is 0.923. The van der Waals surface area contributed by atoms with E-state index in [0.29, 0.717) is 5.75 Å². The molecule has 1 aromatic carbocycles. The lowest BCUT2D eigenvalue weighted by molar-refractivity contribution is 0.475. The second kappa shape index (κ2) is 5.55. The summed E-state index contributed by atoms with van der Waals surface area (Å²) in [6.07, 6.45) is 3.21. The zero-order valence-corrected chi connectivity index (χ0v) is 13.8. The summed E-state index contributed by atoms with van der Waals surface area (Å²) >= 11 is 3.45. The van der Waals surface area contributed by atoms with Gasteiger partial charge in [-0.05, 0) is 35.9 Å². The molecule has 0 spiro atoms. The number of hydrogen-bond donors (Lipinski definition) is 1. The minimum Gasteiger partial charge on any atom is -0.508 e. The average molecular weight is 332 g/mol. The van der Waals surface area contributed by atoms with Crippen LogP contribution in [0.1, 0.15) is 36.5 Å². The molecule has 114 valence electrons. The number of aryl methyl sites for hydroxylation is 1. The number of thioether (sulfide) groups is 2. The lowest BCUT2D eigenvalue weighted by Gasteiger charge is -2.25. The molecule has 2 aliphatic rings. The van der Waals surface area contributed by atoms with E-state index < -0.39 is 0 Å². The van der Waals surface area contributed by atoms with Crippen LogP contribution in [-0.4, -0.2) is 20.0 Å². The molecule has 7 heteroatoms. The lowest BCUT2D eigenvalue weighted by Crippen LogP contribution is -2.30. The van der Waals surface area contributed by atoms with Gasteiger partial charge in [-0.1, -0.05) is 37.2 Å². The zero-order valence-electron chi connectivity index (χ0n) is 12.1. The minimum atomic E-state index is 0.167. The Hall–Kier alpha value is -1.60. The number of phenolic OH excluding ortho intramolecular Hbond substituents is 1. The first-order valence-corrected chi connectivity index (χ1v) is 9.10. The summed E-state index contributed by atoms with van der Waals surface area (Å²) in [7, 11) is 0. The molecule has 0 saturated heterocycles. The van der Waals surface area contributed by atoms with E-state index in [-0.39, 0.29) is 5.37 Å². The van der Waals surface area contributed by atoms with E-state index in [1.54, 1.807) is 35.7 Å². The van der Waals surface area contributed by atoms with Gasteiger partial charge < -0.3 is 5.11 Å². The molecule has 1 aromatic heterocycles. The van der Waals surface area contributed by atoms with Gasteiger partial charge in [0, 0.05) is 11.8 Å². The van der Waals surface area contributed by atoms with Crippen molar-refractivity contribution in [1.29, 1.82) is 0 Å². The molecule has 5 nitrogen and oxygen atoms in total. The Morgan fingerprint density at radius 2 is 2.05 bits per heavy atom. The molecule has 3 heterocycles. The van der Waals surface area contributed by atoms with Gasteiger partial charge in [0.25, 0.3) is 0 Å². The molecule has 22 heavy (non-hydrogen) atoms. The molecule has 0 amide bonds. The molecular weight excluding hydrogens is 316 g/mol. The summed E-state index contributed by atoms with van der Waals surface area (Å²) in [5.74, 6) is 1.32. The second-order valence-corrected chi connectivity index (χ2v) is 7.24. The highest BCUT2D eigenvalue weighted by atomic mass is 32.2. The Bertz CT molecular complexity index is 726. The van der Waals surface area contributed by atoms with Gasteiger partial charge in [0.2, 0.25) is 5.16 Å². The number of rotatable bonds is 4. The third-order valence-corrected chi connectivity index (χ3v) is 5.96. The normalized spacial score (nSPS) is 19.2. The smallest absolute Gasteiger partial charge is 0.216 e. The molecule has 2 aromatic rings. The van der Waals surface area contributed by atoms with E-state index in [2.05, 4.69) is 32.2 Å². The van der Waals surface area contributed by atoms with Gasteiger partial charge in [0.1, 0.15) is 16.2 Å². The Labute approximate surface area is 137 Å². The summed E-state index contributed by atoms with van der Waals surface area (Å²) in [5.41, 5.74) is 1.16. The first-order valence-electron chi connectivity index (χ1n) is 7.34. The average Bonchev–Trinajstić information content (AvgIpc) is 3.17. The fourth-order valence-corrected chi connectivity index (χ4v) is 4.89. The monoisotopic (exact) mass is 332 g/mol. The number of unbranched alkanes of at least 4 members (excludes halogenated alkanes) is 1. The predicted molar refractivity (Wildman–Crippen MR) is 89.2 cm³/mol. The standard InChI is InChI=1S/C15H16N4OS2/c1-2-3-4-12-16-17-15-18(12)19-13(22-15)9-21-14(19)10-5-7-11(20)8-6-10/h5-9,14,20H,2-4H2,1H3. The topological polar surface area (TPSA) is 54.2 Å². The Kier molecular flexibility index (Phi) is 3.54. The number of aromatic nitrogens is 3. The Balaban J connectivity index is 1.69. The van der Waals surface area contributed by atoms with Crippen LogP contribution in [0, 0.1) is 0 Å². The van der Waals surface area contributed by atoms with Gasteiger partial charge in [-0.3, -0.25) is 5.01 Å². The molecular formula is C15H16N4OS2. The highest BCUT2D eigenvalue weighted by Gasteiger charge is 2.39. The van der Waals surface area contributed by atoms with Gasteiger partial charge in [-0.2, -0.15) is 0 Å². The van der Waals surface area contributed by atoms with Crippen molar-refractivity contribution in [2.75, 3.05) is 5.01 Å². The molecule has 0 aliphatic carbocycles. The number of aromatic hydroxyl groups is 1. The maximum absolute atomic E-state index is 9.49. The van der Waals surface area contributed by atoms with Crippen LogP contribution >= 0.6 is 23.5 Å². The molecule has 0 radical (unpaired) electrons. The number of benzene rings is 1. The van der Waals surface area contributed by atoms with Crippen molar-refractivity contribution in [3.8, 4) is 5.75 Å². The van der Waals surface area contributed by atoms with Crippen molar-refractivity contribution in [2.45, 2.75) is 36.7 Å². The van der Waals surface area contributed by atoms with Crippen LogP contribution in [0.2, 0.25) is 0 Å². The van der Waals surface area contributed by atoms with Crippen LogP contribution in [-0.2, 0) is 6.42 Å². The highest BCUT2D eigenvalue weighted by molar-refractivity contribution is 8.07. The van der Waals surface area contributed by atoms with Gasteiger partial charge in [0.15, 0.2) is 5.82 Å². The molecule has 0 bridgehead atoms. The van der Waals surface area contributed by atoms with Gasteiger partial charge in [-0.15, -0.1) is 10.2 Å². The van der Waals surface area contributed by atoms with Gasteiger partial charge in [0.05, 0.1) is 0 Å². The zero-order chi connectivity index (χ0) is 15.1. The van der Waals surface area contributed by atoms with Crippen LogP contribution in [0.5, 0.6) is 5.75 Å². The summed E-state index contributed by atoms with van der Waals surface area (Å²) in [6, 6.07) is 7.43. The summed E-state index contributed by atoms with van der Waals surface area (Å²) in [4.78, 5) is 0. The Morgan fingerprint density at radius 3 is 2.82 bits per heavy atom. The number of fused-ring (bicyclic) bond motifs is 3. The Morgan fingerprint density at radius 1 is 1.23 bits per heavy atom. The molecule has 4 rings (SSSR count). The largest absolute Gasteiger partial charge is 0.508 e. The molecule has 1 N–H and O–H groups in total. The number of hydrogen-bond acceptors (Lipinski definition) is 6.